The molecule has 0 aliphatic heterocycles. The van der Waals surface area contributed by atoms with Crippen LogP contribution in [0.5, 0.6) is 0 Å². The minimum absolute atomic E-state index is 0. The molecule has 52 heavy (non-hydrogen) atoms. The summed E-state index contributed by atoms with van der Waals surface area (Å²) in [7, 11) is 0. The van der Waals surface area contributed by atoms with Gasteiger partial charge >= 0.3 is 0 Å². The number of nitrogens with zero attached hydrogens (tertiary/aromatic N) is 1. The van der Waals surface area contributed by atoms with Crippen molar-refractivity contribution in [3.8, 4) is 11.3 Å². The zero-order chi connectivity index (χ0) is 38.3. The van der Waals surface area contributed by atoms with Crippen molar-refractivity contribution >= 4 is 50.3 Å². The summed E-state index contributed by atoms with van der Waals surface area (Å²) in [6, 6.07) is 9.82. The van der Waals surface area contributed by atoms with Gasteiger partial charge in [-0.05, 0) is 78.2 Å². The van der Waals surface area contributed by atoms with Gasteiger partial charge in [0, 0.05) is 59.9 Å². The van der Waals surface area contributed by atoms with Crippen molar-refractivity contribution in [1.29, 1.82) is 0 Å². The monoisotopic (exact) mass is 903 g/mol. The molecule has 0 aliphatic carbocycles. The molecule has 7 heteroatoms. The van der Waals surface area contributed by atoms with Gasteiger partial charge in [0.25, 0.3) is 0 Å². The first-order valence-electron chi connectivity index (χ1n) is 18.4. The summed E-state index contributed by atoms with van der Waals surface area (Å²) in [5.41, 5.74) is 5.02. The molecule has 5 nitrogen and oxygen atoms in total. The fraction of sp³-hybridized carbons (Fsp3) is 0.467. The van der Waals surface area contributed by atoms with Gasteiger partial charge in [0.2, 0.25) is 0 Å². The third-order valence-electron chi connectivity index (χ3n) is 10.5. The molecule has 0 saturated carbocycles. The molecule has 4 rings (SSSR count). The van der Waals surface area contributed by atoms with Gasteiger partial charge in [-0.2, -0.15) is 11.3 Å². The second-order valence-electron chi connectivity index (χ2n) is 15.6. The van der Waals surface area contributed by atoms with Gasteiger partial charge in [-0.1, -0.05) is 106 Å². The van der Waals surface area contributed by atoms with Crippen LogP contribution in [-0.4, -0.2) is 21.0 Å². The number of fused-ring (bicyclic) bond motifs is 2. The van der Waals surface area contributed by atoms with Crippen molar-refractivity contribution in [3.05, 3.63) is 88.6 Å². The molecule has 3 heterocycles. The van der Waals surface area contributed by atoms with Crippen LogP contribution in [0.1, 0.15) is 132 Å². The summed E-state index contributed by atoms with van der Waals surface area (Å²) < 4.78 is 7.51. The van der Waals surface area contributed by atoms with Gasteiger partial charge in [0.05, 0.1) is 5.76 Å². The molecule has 0 aliphatic rings. The standard InChI is InChI=1S/C30H32NO2S.C15H28O2.Ir/c1-8-23-25(10-9-20(19(4)32)15-18(2)3)33-26-11-13-31-28(27(23)26)22-16-21-12-14-34-29(21)24(17-22)30(5,6)7;1-7-14(5,8-2)12(16)11-13(17)15(6,9-3)10-4;/h8-14,17-18,32H,1,15H2,2-7H3;11,16H,7-10H2,1-6H3;/q-1;;/b10-9+,20-19+;12-11-;. The molecule has 285 valence electrons. The molecular formula is C45H60IrNO4S-. The Morgan fingerprint density at radius 2 is 1.63 bits per heavy atom. The van der Waals surface area contributed by atoms with E-state index in [1.807, 2.05) is 65.8 Å². The zero-order valence-electron chi connectivity index (χ0n) is 33.4. The number of benzene rings is 1. The molecule has 1 aromatic carbocycles. The number of ketones is 1. The largest absolute Gasteiger partial charge is 0.512 e. The molecular weight excluding hydrogens is 843 g/mol. The van der Waals surface area contributed by atoms with Crippen LogP contribution in [0.3, 0.4) is 0 Å². The van der Waals surface area contributed by atoms with Crippen molar-refractivity contribution < 1.29 is 39.5 Å². The maximum atomic E-state index is 12.2. The second kappa shape index (κ2) is 18.7. The number of hydrogen-bond donors (Lipinski definition) is 2. The maximum Gasteiger partial charge on any atom is 0.164 e. The number of carbonyl (C=O) groups is 1. The normalized spacial score (nSPS) is 13.3. The Bertz CT molecular complexity index is 1920. The Kier molecular flexibility index (Phi) is 16.1. The predicted molar refractivity (Wildman–Crippen MR) is 219 cm³/mol. The van der Waals surface area contributed by atoms with Crippen LogP contribution in [0, 0.1) is 22.8 Å². The van der Waals surface area contributed by atoms with Crippen molar-refractivity contribution in [3.63, 3.8) is 0 Å². The van der Waals surface area contributed by atoms with E-state index in [9.17, 15) is 15.0 Å². The average Bonchev–Trinajstić information content (AvgIpc) is 3.72. The van der Waals surface area contributed by atoms with Crippen molar-refractivity contribution in [2.75, 3.05) is 0 Å². The van der Waals surface area contributed by atoms with Gasteiger partial charge < -0.3 is 14.6 Å². The van der Waals surface area contributed by atoms with E-state index in [0.717, 1.165) is 70.9 Å². The maximum absolute atomic E-state index is 12.2. The molecule has 0 fully saturated rings. The van der Waals surface area contributed by atoms with Gasteiger partial charge in [-0.15, -0.1) is 23.6 Å². The topological polar surface area (TPSA) is 83.6 Å². The van der Waals surface area contributed by atoms with Gasteiger partial charge in [0.1, 0.15) is 17.1 Å². The molecule has 0 unspecified atom stereocenters. The van der Waals surface area contributed by atoms with E-state index in [0.29, 0.717) is 17.4 Å². The van der Waals surface area contributed by atoms with Crippen LogP contribution < -0.4 is 0 Å². The van der Waals surface area contributed by atoms with Crippen molar-refractivity contribution in [1.82, 2.24) is 4.98 Å². The molecule has 4 aromatic rings. The van der Waals surface area contributed by atoms with Crippen molar-refractivity contribution in [2.45, 2.75) is 121 Å². The first kappa shape index (κ1) is 44.9. The smallest absolute Gasteiger partial charge is 0.164 e. The number of rotatable bonds is 13. The first-order valence-corrected chi connectivity index (χ1v) is 19.3. The quantitative estimate of drug-likeness (QED) is 0.0604. The zero-order valence-corrected chi connectivity index (χ0v) is 36.6. The van der Waals surface area contributed by atoms with E-state index in [-0.39, 0.29) is 47.9 Å². The first-order chi connectivity index (χ1) is 23.9. The summed E-state index contributed by atoms with van der Waals surface area (Å²) in [4.78, 5) is 16.9. The number of aliphatic hydroxyl groups is 2. The summed E-state index contributed by atoms with van der Waals surface area (Å²) in [5, 5.41) is 24.4. The van der Waals surface area contributed by atoms with E-state index in [2.05, 4.69) is 64.8 Å². The third-order valence-corrected chi connectivity index (χ3v) is 11.5. The van der Waals surface area contributed by atoms with Crippen LogP contribution in [-0.2, 0) is 30.3 Å². The number of pyridine rings is 1. The SMILES string of the molecule is C=Cc1c(/C=C/C(CC(C)C)=C(/C)O)oc2ccnc(-c3[c-]c4ccsc4c(C(C)(C)C)c3)c12.CCC(C)(CC)C(=O)/C=C(\O)C(C)(CC)CC.[Ir]. The third kappa shape index (κ3) is 10.2. The summed E-state index contributed by atoms with van der Waals surface area (Å²) in [5.74, 6) is 1.76. The van der Waals surface area contributed by atoms with E-state index in [1.54, 1.807) is 24.5 Å². The van der Waals surface area contributed by atoms with E-state index < -0.39 is 0 Å². The molecule has 3 aromatic heterocycles. The van der Waals surface area contributed by atoms with E-state index in [4.69, 9.17) is 9.40 Å². The molecule has 1 radical (unpaired) electrons. The van der Waals surface area contributed by atoms with Crippen LogP contribution in [0.4, 0.5) is 0 Å². The Labute approximate surface area is 330 Å². The Hall–Kier alpha value is -3.25. The predicted octanol–water partition coefficient (Wildman–Crippen LogP) is 14.0. The Morgan fingerprint density at radius 1 is 1.02 bits per heavy atom. The fourth-order valence-corrected chi connectivity index (χ4v) is 7.02. The Morgan fingerprint density at radius 3 is 2.15 bits per heavy atom. The number of allylic oxidation sites excluding steroid dienone is 5. The van der Waals surface area contributed by atoms with Gasteiger partial charge in [-0.3, -0.25) is 9.78 Å². The number of thiophene rings is 1. The summed E-state index contributed by atoms with van der Waals surface area (Å²) in [6.07, 6.45) is 13.0. The minimum Gasteiger partial charge on any atom is -0.512 e. The molecule has 0 amide bonds. The number of carbonyl (C=O) groups excluding carboxylic acids is 1. The van der Waals surface area contributed by atoms with Crippen molar-refractivity contribution in [2.24, 2.45) is 16.7 Å². The van der Waals surface area contributed by atoms with E-state index >= 15 is 0 Å². The summed E-state index contributed by atoms with van der Waals surface area (Å²) in [6.45, 7) is 28.9. The molecule has 0 saturated heterocycles. The van der Waals surface area contributed by atoms with Crippen LogP contribution in [0.15, 0.2) is 70.0 Å². The molecule has 0 atom stereocenters. The molecule has 2 N–H and O–H groups in total. The van der Waals surface area contributed by atoms with Crippen LogP contribution in [0.25, 0.3) is 44.5 Å². The second-order valence-corrected chi connectivity index (χ2v) is 16.5. The number of aliphatic hydroxyl groups excluding tert-OH is 2. The molecule has 0 bridgehead atoms. The van der Waals surface area contributed by atoms with Crippen LogP contribution in [0.2, 0.25) is 0 Å². The molecule has 0 spiro atoms. The number of aromatic nitrogens is 1. The number of furan rings is 1. The van der Waals surface area contributed by atoms with Gasteiger partial charge in [0.15, 0.2) is 5.78 Å². The summed E-state index contributed by atoms with van der Waals surface area (Å²) >= 11 is 1.76. The number of hydrogen-bond acceptors (Lipinski definition) is 6. The Balaban J connectivity index is 0.000000444. The fourth-order valence-electron chi connectivity index (χ4n) is 5.94. The average molecular weight is 903 g/mol. The minimum atomic E-state index is -0.337. The van der Waals surface area contributed by atoms with Gasteiger partial charge in [-0.25, -0.2) is 0 Å². The van der Waals surface area contributed by atoms with E-state index in [1.165, 1.54) is 16.3 Å². The van der Waals surface area contributed by atoms with Crippen LogP contribution >= 0.6 is 11.3 Å².